The first kappa shape index (κ1) is 13.5. The minimum Gasteiger partial charge on any atom is -0.295 e. The van der Waals surface area contributed by atoms with Crippen LogP contribution in [0, 0.1) is 0 Å². The molecular weight excluding hydrogens is 277 g/mol. The maximum Gasteiger partial charge on any atom is 0.0465 e. The van der Waals surface area contributed by atoms with E-state index < -0.39 is 0 Å². The van der Waals surface area contributed by atoms with Crippen LogP contribution in [0.25, 0.3) is 0 Å². The first-order valence-corrected chi connectivity index (χ1v) is 7.24. The van der Waals surface area contributed by atoms with Crippen LogP contribution < -0.4 is 0 Å². The van der Waals surface area contributed by atoms with Gasteiger partial charge in [-0.2, -0.15) is 0 Å². The lowest BCUT2D eigenvalue weighted by Crippen LogP contribution is -2.40. The predicted octanol–water partition coefficient (Wildman–Crippen LogP) is 4.59. The number of hydrogen-bond donors (Lipinski definition) is 0. The van der Waals surface area contributed by atoms with Crippen LogP contribution in [0.5, 0.6) is 0 Å². The lowest BCUT2D eigenvalue weighted by atomic mass is 9.91. The molecule has 1 fully saturated rings. The van der Waals surface area contributed by atoms with Crippen LogP contribution in [-0.4, -0.2) is 23.4 Å². The summed E-state index contributed by atoms with van der Waals surface area (Å²) in [5.74, 6) is 0.651. The topological polar surface area (TPSA) is 3.24 Å². The molecule has 94 valence electrons. The zero-order chi connectivity index (χ0) is 12.3. The van der Waals surface area contributed by atoms with Crippen LogP contribution in [0.4, 0.5) is 0 Å². The van der Waals surface area contributed by atoms with E-state index in [4.69, 9.17) is 34.8 Å². The molecule has 0 aliphatic heterocycles. The molecule has 0 aromatic heterocycles. The van der Waals surface area contributed by atoms with Crippen molar-refractivity contribution in [2.24, 2.45) is 0 Å². The van der Waals surface area contributed by atoms with Crippen molar-refractivity contribution in [3.05, 3.63) is 33.8 Å². The lowest BCUT2D eigenvalue weighted by Gasteiger charge is -2.37. The largest absolute Gasteiger partial charge is 0.295 e. The predicted molar refractivity (Wildman–Crippen MR) is 75.2 cm³/mol. The minimum atomic E-state index is 0.651. The highest BCUT2D eigenvalue weighted by atomic mass is 35.5. The average Bonchev–Trinajstić information content (AvgIpc) is 2.21. The molecule has 2 rings (SSSR count). The first-order chi connectivity index (χ1) is 8.22. The standard InChI is InChI=1S/C13H16Cl3N/c14-7-8-17(10-3-1-4-10)9-11-12(15)5-2-6-13(11)16/h2,5-6,10H,1,3-4,7-9H2. The lowest BCUT2D eigenvalue weighted by molar-refractivity contribution is 0.127. The van der Waals surface area contributed by atoms with E-state index in [0.29, 0.717) is 11.9 Å². The van der Waals surface area contributed by atoms with Gasteiger partial charge in [0.25, 0.3) is 0 Å². The third-order valence-corrected chi connectivity index (χ3v) is 4.26. The molecule has 1 aliphatic rings. The molecule has 1 saturated carbocycles. The fraction of sp³-hybridized carbons (Fsp3) is 0.538. The summed E-state index contributed by atoms with van der Waals surface area (Å²) in [4.78, 5) is 2.39. The van der Waals surface area contributed by atoms with E-state index in [0.717, 1.165) is 28.7 Å². The molecule has 0 unspecified atom stereocenters. The smallest absolute Gasteiger partial charge is 0.0465 e. The van der Waals surface area contributed by atoms with E-state index >= 15 is 0 Å². The quantitative estimate of drug-likeness (QED) is 0.718. The number of hydrogen-bond acceptors (Lipinski definition) is 1. The van der Waals surface area contributed by atoms with Gasteiger partial charge in [-0.05, 0) is 25.0 Å². The van der Waals surface area contributed by atoms with Crippen molar-refractivity contribution in [1.82, 2.24) is 4.90 Å². The Morgan fingerprint density at radius 1 is 1.18 bits per heavy atom. The second-order valence-corrected chi connectivity index (χ2v) is 5.64. The number of alkyl halides is 1. The molecule has 0 bridgehead atoms. The molecular formula is C13H16Cl3N. The molecule has 17 heavy (non-hydrogen) atoms. The minimum absolute atomic E-state index is 0.651. The van der Waals surface area contributed by atoms with Crippen molar-refractivity contribution >= 4 is 34.8 Å². The Kier molecular flexibility index (Phi) is 4.98. The number of benzene rings is 1. The van der Waals surface area contributed by atoms with E-state index in [1.807, 2.05) is 18.2 Å². The van der Waals surface area contributed by atoms with Crippen molar-refractivity contribution in [2.75, 3.05) is 12.4 Å². The summed E-state index contributed by atoms with van der Waals surface area (Å²) in [6.45, 7) is 1.70. The van der Waals surface area contributed by atoms with E-state index in [1.165, 1.54) is 19.3 Å². The summed E-state index contributed by atoms with van der Waals surface area (Å²) in [7, 11) is 0. The SMILES string of the molecule is ClCCN(Cc1c(Cl)cccc1Cl)C1CCC1. The number of nitrogens with zero attached hydrogens (tertiary/aromatic N) is 1. The molecule has 1 aliphatic carbocycles. The molecule has 0 amide bonds. The normalized spacial score (nSPS) is 16.2. The Hall–Kier alpha value is 0.0500. The molecule has 1 aromatic carbocycles. The van der Waals surface area contributed by atoms with Gasteiger partial charge in [-0.15, -0.1) is 11.6 Å². The summed E-state index contributed by atoms with van der Waals surface area (Å²) < 4.78 is 0. The molecule has 0 radical (unpaired) electrons. The van der Waals surface area contributed by atoms with Crippen molar-refractivity contribution < 1.29 is 0 Å². The van der Waals surface area contributed by atoms with Crippen LogP contribution in [0.3, 0.4) is 0 Å². The van der Waals surface area contributed by atoms with Crippen LogP contribution in [0.1, 0.15) is 24.8 Å². The highest BCUT2D eigenvalue weighted by Gasteiger charge is 2.25. The molecule has 1 aromatic rings. The van der Waals surface area contributed by atoms with Gasteiger partial charge in [-0.25, -0.2) is 0 Å². The van der Waals surface area contributed by atoms with E-state index in [9.17, 15) is 0 Å². The Labute approximate surface area is 118 Å². The Balaban J connectivity index is 2.10. The number of halogens is 3. The highest BCUT2D eigenvalue weighted by molar-refractivity contribution is 6.35. The van der Waals surface area contributed by atoms with Crippen LogP contribution in [-0.2, 0) is 6.54 Å². The van der Waals surface area contributed by atoms with Crippen molar-refractivity contribution in [1.29, 1.82) is 0 Å². The van der Waals surface area contributed by atoms with Gasteiger partial charge in [0.2, 0.25) is 0 Å². The molecule has 0 spiro atoms. The van der Waals surface area contributed by atoms with Crippen molar-refractivity contribution in [3.63, 3.8) is 0 Å². The summed E-state index contributed by atoms with van der Waals surface area (Å²) in [6.07, 6.45) is 3.84. The summed E-state index contributed by atoms with van der Waals surface area (Å²) in [5, 5.41) is 1.49. The Morgan fingerprint density at radius 2 is 1.82 bits per heavy atom. The summed E-state index contributed by atoms with van der Waals surface area (Å²) in [5.41, 5.74) is 1.02. The average molecular weight is 293 g/mol. The molecule has 0 atom stereocenters. The zero-order valence-corrected chi connectivity index (χ0v) is 11.9. The highest BCUT2D eigenvalue weighted by Crippen LogP contribution is 2.30. The van der Waals surface area contributed by atoms with Crippen LogP contribution in [0.2, 0.25) is 10.0 Å². The third kappa shape index (κ3) is 3.29. The van der Waals surface area contributed by atoms with Gasteiger partial charge in [0.1, 0.15) is 0 Å². The fourth-order valence-corrected chi connectivity index (χ4v) is 2.87. The van der Waals surface area contributed by atoms with Gasteiger partial charge in [-0.1, -0.05) is 35.7 Å². The molecule has 1 nitrogen and oxygen atoms in total. The van der Waals surface area contributed by atoms with Crippen molar-refractivity contribution in [2.45, 2.75) is 31.8 Å². The second-order valence-electron chi connectivity index (χ2n) is 4.44. The van der Waals surface area contributed by atoms with Gasteiger partial charge in [-0.3, -0.25) is 4.90 Å². The summed E-state index contributed by atoms with van der Waals surface area (Å²) >= 11 is 18.3. The van der Waals surface area contributed by atoms with E-state index in [2.05, 4.69) is 4.90 Å². The molecule has 4 heteroatoms. The monoisotopic (exact) mass is 291 g/mol. The molecule has 0 saturated heterocycles. The van der Waals surface area contributed by atoms with Gasteiger partial charge in [0, 0.05) is 40.6 Å². The van der Waals surface area contributed by atoms with E-state index in [-0.39, 0.29) is 0 Å². The van der Waals surface area contributed by atoms with E-state index in [1.54, 1.807) is 0 Å². The zero-order valence-electron chi connectivity index (χ0n) is 9.63. The van der Waals surface area contributed by atoms with Gasteiger partial charge < -0.3 is 0 Å². The van der Waals surface area contributed by atoms with Crippen molar-refractivity contribution in [3.8, 4) is 0 Å². The maximum atomic E-state index is 6.20. The second kappa shape index (κ2) is 6.29. The van der Waals surface area contributed by atoms with Crippen LogP contribution >= 0.6 is 34.8 Å². The van der Waals surface area contributed by atoms with Gasteiger partial charge in [0.05, 0.1) is 0 Å². The van der Waals surface area contributed by atoms with Gasteiger partial charge in [0.15, 0.2) is 0 Å². The first-order valence-electron chi connectivity index (χ1n) is 5.95. The summed E-state index contributed by atoms with van der Waals surface area (Å²) in [6, 6.07) is 6.31. The van der Waals surface area contributed by atoms with Crippen LogP contribution in [0.15, 0.2) is 18.2 Å². The maximum absolute atomic E-state index is 6.20. The fourth-order valence-electron chi connectivity index (χ4n) is 2.14. The molecule has 0 heterocycles. The van der Waals surface area contributed by atoms with Gasteiger partial charge >= 0.3 is 0 Å². The number of rotatable bonds is 5. The Bertz CT molecular complexity index is 357. The Morgan fingerprint density at radius 3 is 2.29 bits per heavy atom. The molecule has 0 N–H and O–H groups in total. The third-order valence-electron chi connectivity index (χ3n) is 3.39.